The van der Waals surface area contributed by atoms with E-state index in [2.05, 4.69) is 11.9 Å². The maximum atomic E-state index is 2.53. The highest BCUT2D eigenvalue weighted by molar-refractivity contribution is 4.86. The summed E-state index contributed by atoms with van der Waals surface area (Å²) < 4.78 is 0. The van der Waals surface area contributed by atoms with Crippen molar-refractivity contribution in [2.45, 2.75) is 45.6 Å². The molecule has 1 heteroatoms. The van der Waals surface area contributed by atoms with E-state index in [1.54, 1.807) is 0 Å². The van der Waals surface area contributed by atoms with Crippen molar-refractivity contribution in [3.63, 3.8) is 0 Å². The zero-order chi connectivity index (χ0) is 8.27. The van der Waals surface area contributed by atoms with Crippen LogP contribution in [-0.2, 0) is 0 Å². The lowest BCUT2D eigenvalue weighted by atomic mass is 10.00. The van der Waals surface area contributed by atoms with Crippen LogP contribution in [0.15, 0.2) is 0 Å². The van der Waals surface area contributed by atoms with Crippen molar-refractivity contribution in [1.29, 1.82) is 0 Å². The summed E-state index contributed by atoms with van der Waals surface area (Å²) in [7, 11) is 2.27. The van der Waals surface area contributed by atoms with Gasteiger partial charge >= 0.3 is 0 Å². The lowest BCUT2D eigenvalue weighted by Gasteiger charge is -2.29. The molecule has 0 aromatic heterocycles. The van der Waals surface area contributed by atoms with Gasteiger partial charge in [-0.3, -0.25) is 0 Å². The Morgan fingerprint density at radius 2 is 1.82 bits per heavy atom. The zero-order valence-corrected chi connectivity index (χ0v) is 8.14. The van der Waals surface area contributed by atoms with Crippen molar-refractivity contribution in [3.8, 4) is 0 Å². The van der Waals surface area contributed by atoms with E-state index in [0.29, 0.717) is 0 Å². The molecular weight excluding hydrogens is 134 g/mol. The average Bonchev–Trinajstić information content (AvgIpc) is 2.46. The van der Waals surface area contributed by atoms with E-state index in [1.165, 1.54) is 32.2 Å². The summed E-state index contributed by atoms with van der Waals surface area (Å²) in [5.74, 6) is 1.10. The number of piperidine rings is 1. The van der Waals surface area contributed by atoms with Gasteiger partial charge in [-0.15, -0.1) is 0 Å². The van der Waals surface area contributed by atoms with E-state index in [-0.39, 0.29) is 0 Å². The summed E-state index contributed by atoms with van der Waals surface area (Å²) in [6.07, 6.45) is 5.94. The molecule has 2 atom stereocenters. The maximum Gasteiger partial charge on any atom is 0.00949 e. The SMILES string of the molecule is CC.CN1CCC2CCC1C2. The minimum atomic E-state index is 0.962. The molecule has 1 saturated carbocycles. The van der Waals surface area contributed by atoms with Crippen LogP contribution in [0.25, 0.3) is 0 Å². The van der Waals surface area contributed by atoms with Gasteiger partial charge in [0, 0.05) is 6.04 Å². The van der Waals surface area contributed by atoms with Gasteiger partial charge in [-0.25, -0.2) is 0 Å². The normalized spacial score (nSPS) is 36.3. The predicted molar refractivity (Wildman–Crippen MR) is 49.7 cm³/mol. The van der Waals surface area contributed by atoms with Gasteiger partial charge in [0.05, 0.1) is 0 Å². The predicted octanol–water partition coefficient (Wildman–Crippen LogP) is 2.52. The van der Waals surface area contributed by atoms with Crippen LogP contribution in [0, 0.1) is 5.92 Å². The first-order chi connectivity index (χ1) is 5.36. The molecular formula is C10H21N. The summed E-state index contributed by atoms with van der Waals surface area (Å²) in [6.45, 7) is 5.36. The van der Waals surface area contributed by atoms with Crippen LogP contribution in [0.3, 0.4) is 0 Å². The fourth-order valence-electron chi connectivity index (χ4n) is 2.28. The van der Waals surface area contributed by atoms with E-state index in [4.69, 9.17) is 0 Å². The third-order valence-electron chi connectivity index (χ3n) is 3.03. The fraction of sp³-hybridized carbons (Fsp3) is 1.00. The lowest BCUT2D eigenvalue weighted by molar-refractivity contribution is 0.193. The Hall–Kier alpha value is -0.0400. The number of nitrogens with zero attached hydrogens (tertiary/aromatic N) is 1. The molecule has 0 spiro atoms. The summed E-state index contributed by atoms with van der Waals surface area (Å²) in [5.41, 5.74) is 0. The van der Waals surface area contributed by atoms with Gasteiger partial charge in [0.25, 0.3) is 0 Å². The van der Waals surface area contributed by atoms with E-state index >= 15 is 0 Å². The molecule has 0 radical (unpaired) electrons. The fourth-order valence-corrected chi connectivity index (χ4v) is 2.28. The smallest absolute Gasteiger partial charge is 0.00949 e. The van der Waals surface area contributed by atoms with Gasteiger partial charge in [0.15, 0.2) is 0 Å². The van der Waals surface area contributed by atoms with Crippen LogP contribution in [0.2, 0.25) is 0 Å². The molecule has 1 nitrogen and oxygen atoms in total. The van der Waals surface area contributed by atoms with Crippen molar-refractivity contribution < 1.29 is 0 Å². The van der Waals surface area contributed by atoms with Crippen molar-refractivity contribution in [2.24, 2.45) is 5.92 Å². The van der Waals surface area contributed by atoms with E-state index < -0.39 is 0 Å². The second-order valence-corrected chi connectivity index (χ2v) is 3.60. The van der Waals surface area contributed by atoms with Gasteiger partial charge in [0.2, 0.25) is 0 Å². The number of likely N-dealkylation sites (tertiary alicyclic amines) is 1. The van der Waals surface area contributed by atoms with Crippen molar-refractivity contribution in [1.82, 2.24) is 4.90 Å². The molecule has 1 heterocycles. The van der Waals surface area contributed by atoms with Crippen LogP contribution < -0.4 is 0 Å². The molecule has 2 aliphatic rings. The highest BCUT2D eigenvalue weighted by Gasteiger charge is 2.31. The molecule has 2 bridgehead atoms. The first-order valence-corrected chi connectivity index (χ1v) is 5.06. The Balaban J connectivity index is 0.000000281. The molecule has 11 heavy (non-hydrogen) atoms. The summed E-state index contributed by atoms with van der Waals surface area (Å²) >= 11 is 0. The molecule has 2 rings (SSSR count). The maximum absolute atomic E-state index is 2.53. The van der Waals surface area contributed by atoms with Gasteiger partial charge < -0.3 is 4.90 Å². The van der Waals surface area contributed by atoms with Gasteiger partial charge in [0.1, 0.15) is 0 Å². The monoisotopic (exact) mass is 155 g/mol. The highest BCUT2D eigenvalue weighted by atomic mass is 15.1. The Bertz CT molecular complexity index is 111. The minimum Gasteiger partial charge on any atom is -0.303 e. The number of hydrogen-bond donors (Lipinski definition) is 0. The summed E-state index contributed by atoms with van der Waals surface area (Å²) in [4.78, 5) is 2.53. The minimum absolute atomic E-state index is 0.962. The highest BCUT2D eigenvalue weighted by Crippen LogP contribution is 2.35. The first-order valence-electron chi connectivity index (χ1n) is 5.06. The second kappa shape index (κ2) is 4.10. The summed E-state index contributed by atoms with van der Waals surface area (Å²) in [5, 5.41) is 0. The van der Waals surface area contributed by atoms with Crippen molar-refractivity contribution in [2.75, 3.05) is 13.6 Å². The molecule has 1 aliphatic heterocycles. The lowest BCUT2D eigenvalue weighted by Crippen LogP contribution is -2.34. The van der Waals surface area contributed by atoms with Crippen LogP contribution >= 0.6 is 0 Å². The summed E-state index contributed by atoms with van der Waals surface area (Å²) in [6, 6.07) is 0.962. The average molecular weight is 155 g/mol. The largest absolute Gasteiger partial charge is 0.303 e. The van der Waals surface area contributed by atoms with E-state index in [9.17, 15) is 0 Å². The first kappa shape index (κ1) is 9.05. The van der Waals surface area contributed by atoms with Gasteiger partial charge in [-0.1, -0.05) is 13.8 Å². The zero-order valence-electron chi connectivity index (χ0n) is 8.14. The topological polar surface area (TPSA) is 3.24 Å². The van der Waals surface area contributed by atoms with Crippen molar-refractivity contribution in [3.05, 3.63) is 0 Å². The van der Waals surface area contributed by atoms with E-state index in [1.807, 2.05) is 13.8 Å². The Morgan fingerprint density at radius 3 is 2.45 bits per heavy atom. The van der Waals surface area contributed by atoms with Crippen LogP contribution in [0.4, 0.5) is 0 Å². The third-order valence-corrected chi connectivity index (χ3v) is 3.03. The van der Waals surface area contributed by atoms with Gasteiger partial charge in [-0.2, -0.15) is 0 Å². The molecule has 1 saturated heterocycles. The number of hydrogen-bond acceptors (Lipinski definition) is 1. The molecule has 0 amide bonds. The number of fused-ring (bicyclic) bond motifs is 2. The Morgan fingerprint density at radius 1 is 1.09 bits per heavy atom. The van der Waals surface area contributed by atoms with Crippen LogP contribution in [-0.4, -0.2) is 24.5 Å². The molecule has 0 aromatic rings. The Kier molecular flexibility index (Phi) is 3.38. The van der Waals surface area contributed by atoms with Gasteiger partial charge in [-0.05, 0) is 45.2 Å². The molecule has 0 aromatic carbocycles. The standard InChI is InChI=1S/C8H15N.C2H6/c1-9-5-4-7-2-3-8(9)6-7;1-2/h7-8H,2-6H2,1H3;1-2H3. The van der Waals surface area contributed by atoms with Crippen LogP contribution in [0.1, 0.15) is 39.5 Å². The quantitative estimate of drug-likeness (QED) is 0.519. The van der Waals surface area contributed by atoms with Crippen molar-refractivity contribution >= 4 is 0 Å². The van der Waals surface area contributed by atoms with E-state index in [0.717, 1.165) is 12.0 Å². The number of rotatable bonds is 0. The Labute approximate surface area is 70.8 Å². The third kappa shape index (κ3) is 1.96. The molecule has 2 fully saturated rings. The molecule has 0 N–H and O–H groups in total. The molecule has 2 unspecified atom stereocenters. The molecule has 1 aliphatic carbocycles. The molecule has 66 valence electrons. The second-order valence-electron chi connectivity index (χ2n) is 3.60. The van der Waals surface area contributed by atoms with Crippen LogP contribution in [0.5, 0.6) is 0 Å².